The first-order valence-corrected chi connectivity index (χ1v) is 7.95. The van der Waals surface area contributed by atoms with E-state index in [1.54, 1.807) is 6.07 Å². The van der Waals surface area contributed by atoms with Crippen LogP contribution in [0.25, 0.3) is 0 Å². The zero-order valence-corrected chi connectivity index (χ0v) is 12.7. The third-order valence-electron chi connectivity index (χ3n) is 2.90. The van der Waals surface area contributed by atoms with Crippen LogP contribution in [0.15, 0.2) is 29.2 Å². The van der Waals surface area contributed by atoms with Crippen LogP contribution >= 0.6 is 0 Å². The van der Waals surface area contributed by atoms with E-state index in [0.717, 1.165) is 18.5 Å². The lowest BCUT2D eigenvalue weighted by Crippen LogP contribution is -2.13. The molecule has 0 aliphatic carbocycles. The Morgan fingerprint density at radius 3 is 2.81 bits per heavy atom. The van der Waals surface area contributed by atoms with E-state index in [1.807, 2.05) is 6.92 Å². The van der Waals surface area contributed by atoms with E-state index in [1.165, 1.54) is 25.3 Å². The van der Waals surface area contributed by atoms with Crippen LogP contribution in [0.3, 0.4) is 0 Å². The normalized spacial score (nSPS) is 11.3. The maximum Gasteiger partial charge on any atom is 0.263 e. The molecule has 0 saturated carbocycles. The van der Waals surface area contributed by atoms with Crippen LogP contribution < -0.4 is 15.2 Å². The lowest BCUT2D eigenvalue weighted by Gasteiger charge is -2.08. The van der Waals surface area contributed by atoms with Crippen LogP contribution in [0, 0.1) is 0 Å². The molecule has 0 unspecified atom stereocenters. The monoisotopic (exact) mass is 310 g/mol. The van der Waals surface area contributed by atoms with Gasteiger partial charge in [-0.1, -0.05) is 13.3 Å². The van der Waals surface area contributed by atoms with Crippen LogP contribution in [0.2, 0.25) is 0 Å². The van der Waals surface area contributed by atoms with Gasteiger partial charge in [-0.05, 0) is 18.6 Å². The Hall–Kier alpha value is -2.22. The fraction of sp³-hybridized carbons (Fsp3) is 0.308. The first-order chi connectivity index (χ1) is 9.96. The molecule has 7 nitrogen and oxygen atoms in total. The van der Waals surface area contributed by atoms with Crippen LogP contribution in [-0.4, -0.2) is 25.7 Å². The van der Waals surface area contributed by atoms with E-state index in [-0.39, 0.29) is 10.7 Å². The number of nitrogen functional groups attached to an aromatic ring is 1. The molecule has 1 aromatic heterocycles. The van der Waals surface area contributed by atoms with Crippen molar-refractivity contribution in [2.75, 3.05) is 17.6 Å². The second-order valence-corrected chi connectivity index (χ2v) is 6.22. The van der Waals surface area contributed by atoms with Gasteiger partial charge in [0.25, 0.3) is 10.0 Å². The molecule has 21 heavy (non-hydrogen) atoms. The summed E-state index contributed by atoms with van der Waals surface area (Å²) < 4.78 is 32.0. The largest absolute Gasteiger partial charge is 0.495 e. The van der Waals surface area contributed by atoms with Crippen molar-refractivity contribution in [3.63, 3.8) is 0 Å². The second-order valence-electron chi connectivity index (χ2n) is 4.54. The molecule has 8 heteroatoms. The molecule has 0 saturated heterocycles. The number of hydrogen-bond donors (Lipinski definition) is 3. The van der Waals surface area contributed by atoms with Gasteiger partial charge in [0.15, 0.2) is 5.82 Å². The van der Waals surface area contributed by atoms with E-state index >= 15 is 0 Å². The first-order valence-electron chi connectivity index (χ1n) is 6.47. The van der Waals surface area contributed by atoms with Gasteiger partial charge >= 0.3 is 0 Å². The van der Waals surface area contributed by atoms with Crippen LogP contribution in [0.5, 0.6) is 5.75 Å². The minimum Gasteiger partial charge on any atom is -0.495 e. The molecule has 4 N–H and O–H groups in total. The van der Waals surface area contributed by atoms with Crippen molar-refractivity contribution < 1.29 is 13.2 Å². The number of aromatic amines is 1. The number of aromatic nitrogens is 2. The summed E-state index contributed by atoms with van der Waals surface area (Å²) in [6, 6.07) is 5.95. The van der Waals surface area contributed by atoms with E-state index in [9.17, 15) is 8.42 Å². The van der Waals surface area contributed by atoms with E-state index < -0.39 is 10.0 Å². The van der Waals surface area contributed by atoms with Gasteiger partial charge in [-0.25, -0.2) is 8.42 Å². The van der Waals surface area contributed by atoms with E-state index in [2.05, 4.69) is 14.9 Å². The summed E-state index contributed by atoms with van der Waals surface area (Å²) in [5, 5.41) is 6.73. The highest BCUT2D eigenvalue weighted by Gasteiger charge is 2.17. The number of nitrogens with one attached hydrogen (secondary N) is 2. The molecule has 0 spiro atoms. The van der Waals surface area contributed by atoms with Crippen molar-refractivity contribution in [3.05, 3.63) is 30.0 Å². The zero-order chi connectivity index (χ0) is 15.5. The SMILES string of the molecule is CCCc1cc(NS(=O)(=O)c2ccc(N)c(OC)c2)n[nH]1. The number of aryl methyl sites for hydroxylation is 1. The number of nitrogens with zero attached hydrogens (tertiary/aromatic N) is 1. The molecule has 1 aromatic carbocycles. The maximum atomic E-state index is 12.3. The summed E-state index contributed by atoms with van der Waals surface area (Å²) in [6.45, 7) is 2.03. The van der Waals surface area contributed by atoms with Crippen molar-refractivity contribution >= 4 is 21.5 Å². The number of benzene rings is 1. The maximum absolute atomic E-state index is 12.3. The van der Waals surface area contributed by atoms with Gasteiger partial charge in [0.05, 0.1) is 17.7 Å². The number of ether oxygens (including phenoxy) is 1. The molecule has 0 aliphatic heterocycles. The summed E-state index contributed by atoms with van der Waals surface area (Å²) in [4.78, 5) is 0.0635. The van der Waals surface area contributed by atoms with Gasteiger partial charge in [-0.2, -0.15) is 5.10 Å². The zero-order valence-electron chi connectivity index (χ0n) is 11.9. The number of nitrogens with two attached hydrogens (primary N) is 1. The quantitative estimate of drug-likeness (QED) is 0.704. The molecule has 0 aliphatic rings. The van der Waals surface area contributed by atoms with Gasteiger partial charge in [-0.15, -0.1) is 0 Å². The summed E-state index contributed by atoms with van der Waals surface area (Å²) in [5.41, 5.74) is 6.93. The van der Waals surface area contributed by atoms with Crippen molar-refractivity contribution in [1.82, 2.24) is 10.2 Å². The number of methoxy groups -OCH3 is 1. The van der Waals surface area contributed by atoms with E-state index in [0.29, 0.717) is 11.4 Å². The molecule has 2 rings (SSSR count). The lowest BCUT2D eigenvalue weighted by atomic mass is 10.2. The highest BCUT2D eigenvalue weighted by Crippen LogP contribution is 2.25. The van der Waals surface area contributed by atoms with Gasteiger partial charge < -0.3 is 10.5 Å². The Kier molecular flexibility index (Phi) is 4.37. The number of sulfonamides is 1. The summed E-state index contributed by atoms with van der Waals surface area (Å²) in [5.74, 6) is 0.570. The summed E-state index contributed by atoms with van der Waals surface area (Å²) in [7, 11) is -2.30. The highest BCUT2D eigenvalue weighted by atomic mass is 32.2. The predicted octanol–water partition coefficient (Wildman–Crippen LogP) is 1.75. The third-order valence-corrected chi connectivity index (χ3v) is 4.26. The standard InChI is InChI=1S/C13H18N4O3S/c1-3-4-9-7-13(16-15-9)17-21(18,19)10-5-6-11(14)12(8-10)20-2/h5-8H,3-4,14H2,1-2H3,(H2,15,16,17). The lowest BCUT2D eigenvalue weighted by molar-refractivity contribution is 0.415. The second kappa shape index (κ2) is 6.04. The third kappa shape index (κ3) is 3.46. The molecule has 0 fully saturated rings. The topological polar surface area (TPSA) is 110 Å². The van der Waals surface area contributed by atoms with Gasteiger partial charge in [0.1, 0.15) is 5.75 Å². The number of hydrogen-bond acceptors (Lipinski definition) is 5. The molecule has 2 aromatic rings. The molecule has 0 atom stereocenters. The van der Waals surface area contributed by atoms with Gasteiger partial charge in [0.2, 0.25) is 0 Å². The smallest absolute Gasteiger partial charge is 0.263 e. The minimum atomic E-state index is -3.73. The van der Waals surface area contributed by atoms with Crippen molar-refractivity contribution in [3.8, 4) is 5.75 Å². The average molecular weight is 310 g/mol. The molecule has 0 bridgehead atoms. The Morgan fingerprint density at radius 1 is 1.38 bits per heavy atom. The minimum absolute atomic E-state index is 0.0635. The highest BCUT2D eigenvalue weighted by molar-refractivity contribution is 7.92. The molecule has 1 heterocycles. The molecular formula is C13H18N4O3S. The Balaban J connectivity index is 2.25. The van der Waals surface area contributed by atoms with Crippen LogP contribution in [-0.2, 0) is 16.4 Å². The van der Waals surface area contributed by atoms with Crippen LogP contribution in [0.1, 0.15) is 19.0 Å². The summed E-state index contributed by atoms with van der Waals surface area (Å²) >= 11 is 0. The average Bonchev–Trinajstić information content (AvgIpc) is 2.86. The van der Waals surface area contributed by atoms with Crippen molar-refractivity contribution in [1.29, 1.82) is 0 Å². The summed E-state index contributed by atoms with van der Waals surface area (Å²) in [6.07, 6.45) is 1.76. The Labute approximate surface area is 123 Å². The molecule has 0 amide bonds. The molecular weight excluding hydrogens is 292 g/mol. The van der Waals surface area contributed by atoms with Crippen molar-refractivity contribution in [2.45, 2.75) is 24.7 Å². The Morgan fingerprint density at radius 2 is 2.14 bits per heavy atom. The van der Waals surface area contributed by atoms with Crippen LogP contribution in [0.4, 0.5) is 11.5 Å². The molecule has 114 valence electrons. The fourth-order valence-corrected chi connectivity index (χ4v) is 2.87. The predicted molar refractivity (Wildman–Crippen MR) is 80.8 cm³/mol. The van der Waals surface area contributed by atoms with Gasteiger partial charge in [-0.3, -0.25) is 9.82 Å². The molecule has 0 radical (unpaired) electrons. The number of H-pyrrole nitrogens is 1. The Bertz CT molecular complexity index is 725. The number of anilines is 2. The van der Waals surface area contributed by atoms with E-state index in [4.69, 9.17) is 10.5 Å². The number of rotatable bonds is 6. The van der Waals surface area contributed by atoms with Gasteiger partial charge in [0, 0.05) is 17.8 Å². The first kappa shape index (κ1) is 15.2. The van der Waals surface area contributed by atoms with Crippen molar-refractivity contribution in [2.24, 2.45) is 0 Å². The fourth-order valence-electron chi connectivity index (χ4n) is 1.87.